The smallest absolute Gasteiger partial charge is 0.257 e. The first-order valence-corrected chi connectivity index (χ1v) is 12.0. The molecule has 0 aromatic carbocycles. The zero-order chi connectivity index (χ0) is 24.1. The monoisotopic (exact) mass is 461 g/mol. The number of allylic oxidation sites excluding steroid dienone is 1. The van der Waals surface area contributed by atoms with E-state index < -0.39 is 0 Å². The highest BCUT2D eigenvalue weighted by Gasteiger charge is 2.58. The van der Waals surface area contributed by atoms with E-state index >= 15 is 0 Å². The Kier molecular flexibility index (Phi) is 5.34. The number of aromatic nitrogens is 4. The number of nitriles is 1. The highest BCUT2D eigenvalue weighted by Crippen LogP contribution is 2.59. The molecule has 4 fully saturated rings. The van der Waals surface area contributed by atoms with Gasteiger partial charge in [-0.25, -0.2) is 9.36 Å². The fourth-order valence-electron chi connectivity index (χ4n) is 6.57. The predicted octanol–water partition coefficient (Wildman–Crippen LogP) is 2.89. The molecule has 2 heterocycles. The molecule has 6 rings (SSSR count). The third kappa shape index (κ3) is 3.81. The van der Waals surface area contributed by atoms with Crippen LogP contribution in [0.5, 0.6) is 0 Å². The van der Waals surface area contributed by atoms with Crippen molar-refractivity contribution < 1.29 is 9.59 Å². The number of nitrogens with zero attached hydrogens (tertiary/aromatic N) is 5. The summed E-state index contributed by atoms with van der Waals surface area (Å²) in [5.41, 5.74) is 5.53. The molecule has 0 radical (unpaired) electrons. The molecule has 0 spiro atoms. The Labute approximate surface area is 199 Å². The predicted molar refractivity (Wildman–Crippen MR) is 125 cm³/mol. The zero-order valence-electron chi connectivity index (χ0n) is 19.6. The Hall–Kier alpha value is -3.41. The Morgan fingerprint density at radius 2 is 2.03 bits per heavy atom. The van der Waals surface area contributed by atoms with Crippen LogP contribution >= 0.6 is 0 Å². The van der Waals surface area contributed by atoms with Crippen molar-refractivity contribution in [1.29, 1.82) is 5.26 Å². The summed E-state index contributed by atoms with van der Waals surface area (Å²) in [6, 6.07) is 4.03. The summed E-state index contributed by atoms with van der Waals surface area (Å²) in [4.78, 5) is 25.8. The molecule has 2 aromatic heterocycles. The third-order valence-electron chi connectivity index (χ3n) is 8.03. The van der Waals surface area contributed by atoms with E-state index in [9.17, 15) is 9.59 Å². The van der Waals surface area contributed by atoms with Crippen molar-refractivity contribution in [2.24, 2.45) is 34.3 Å². The van der Waals surface area contributed by atoms with E-state index in [4.69, 9.17) is 11.0 Å². The molecule has 4 bridgehead atoms. The lowest BCUT2D eigenvalue weighted by molar-refractivity contribution is -0.145. The van der Waals surface area contributed by atoms with Crippen molar-refractivity contribution in [3.8, 4) is 11.9 Å². The molecule has 2 amide bonds. The largest absolute Gasteiger partial charge is 0.369 e. The van der Waals surface area contributed by atoms with Gasteiger partial charge in [0.1, 0.15) is 5.56 Å². The van der Waals surface area contributed by atoms with Crippen LogP contribution in [0.4, 0.5) is 0 Å². The molecule has 4 aliphatic carbocycles. The zero-order valence-corrected chi connectivity index (χ0v) is 19.6. The van der Waals surface area contributed by atoms with Crippen LogP contribution in [-0.4, -0.2) is 37.4 Å². The molecule has 178 valence electrons. The first kappa shape index (κ1) is 22.4. The van der Waals surface area contributed by atoms with Gasteiger partial charge in [0.2, 0.25) is 5.91 Å². The first-order chi connectivity index (χ1) is 16.2. The average molecular weight is 462 g/mol. The third-order valence-corrected chi connectivity index (χ3v) is 8.03. The number of carbonyl (C=O) groups excluding carboxylic acids is 2. The maximum Gasteiger partial charge on any atom is 0.257 e. The summed E-state index contributed by atoms with van der Waals surface area (Å²) >= 11 is 0. The van der Waals surface area contributed by atoms with Crippen LogP contribution < -0.4 is 11.1 Å². The number of primary amides is 1. The summed E-state index contributed by atoms with van der Waals surface area (Å²) in [5, 5.41) is 21.1. The highest BCUT2D eigenvalue weighted by atomic mass is 16.2. The van der Waals surface area contributed by atoms with Crippen LogP contribution in [-0.2, 0) is 4.79 Å². The molecule has 9 heteroatoms. The van der Waals surface area contributed by atoms with Gasteiger partial charge < -0.3 is 11.1 Å². The fraction of sp³-hybridized carbons (Fsp3) is 0.560. The van der Waals surface area contributed by atoms with Crippen molar-refractivity contribution >= 4 is 18.0 Å². The Morgan fingerprint density at radius 3 is 2.65 bits per heavy atom. The van der Waals surface area contributed by atoms with E-state index in [-0.39, 0.29) is 40.5 Å². The molecule has 0 aliphatic heterocycles. The summed E-state index contributed by atoms with van der Waals surface area (Å²) < 4.78 is 3.25. The minimum absolute atomic E-state index is 0.0375. The molecule has 4 saturated carbocycles. The second-order valence-electron chi connectivity index (χ2n) is 11.0. The molecular formula is C25H31N7O2. The first-order valence-electron chi connectivity index (χ1n) is 12.0. The van der Waals surface area contributed by atoms with Crippen molar-refractivity contribution in [3.05, 3.63) is 36.3 Å². The van der Waals surface area contributed by atoms with Gasteiger partial charge in [-0.3, -0.25) is 9.59 Å². The molecule has 0 saturated heterocycles. The topological polar surface area (TPSA) is 132 Å². The fourth-order valence-corrected chi connectivity index (χ4v) is 6.57. The van der Waals surface area contributed by atoms with Crippen LogP contribution in [0.15, 0.2) is 30.7 Å². The lowest BCUT2D eigenvalue weighted by atomic mass is 9.47. The number of hydrogen-bond acceptors (Lipinski definition) is 5. The second-order valence-corrected chi connectivity index (χ2v) is 11.0. The molecule has 2 aromatic rings. The minimum atomic E-state index is -0.385. The Bertz CT molecular complexity index is 1150. The van der Waals surface area contributed by atoms with Crippen molar-refractivity contribution in [1.82, 2.24) is 24.9 Å². The van der Waals surface area contributed by atoms with Gasteiger partial charge in [-0.2, -0.15) is 15.5 Å². The van der Waals surface area contributed by atoms with E-state index in [1.165, 1.54) is 0 Å². The molecule has 3 N–H and O–H groups in total. The highest BCUT2D eigenvalue weighted by molar-refractivity contribution is 5.97. The number of rotatable bonds is 7. The van der Waals surface area contributed by atoms with Crippen molar-refractivity contribution in [2.75, 3.05) is 0 Å². The van der Waals surface area contributed by atoms with Gasteiger partial charge in [-0.15, -0.1) is 0 Å². The lowest BCUT2D eigenvalue weighted by Gasteiger charge is -2.58. The molecule has 9 nitrogen and oxygen atoms in total. The van der Waals surface area contributed by atoms with Gasteiger partial charge in [0.15, 0.2) is 5.82 Å². The van der Waals surface area contributed by atoms with E-state index in [0.29, 0.717) is 23.7 Å². The molecule has 2 unspecified atom stereocenters. The van der Waals surface area contributed by atoms with Gasteiger partial charge in [-0.05, 0) is 61.3 Å². The van der Waals surface area contributed by atoms with Gasteiger partial charge in [0.05, 0.1) is 12.3 Å². The van der Waals surface area contributed by atoms with Crippen LogP contribution in [0.25, 0.3) is 12.0 Å². The minimum Gasteiger partial charge on any atom is -0.369 e. The van der Waals surface area contributed by atoms with Crippen molar-refractivity contribution in [3.63, 3.8) is 0 Å². The molecule has 34 heavy (non-hydrogen) atoms. The number of amides is 2. The van der Waals surface area contributed by atoms with Crippen LogP contribution in [0.2, 0.25) is 0 Å². The molecule has 2 atom stereocenters. The normalized spacial score (nSPS) is 29.9. The van der Waals surface area contributed by atoms with Gasteiger partial charge in [-0.1, -0.05) is 19.9 Å². The van der Waals surface area contributed by atoms with Gasteiger partial charge >= 0.3 is 0 Å². The van der Waals surface area contributed by atoms with Crippen LogP contribution in [0.1, 0.15) is 62.7 Å². The van der Waals surface area contributed by atoms with E-state index in [1.54, 1.807) is 40.2 Å². The second kappa shape index (κ2) is 8.12. The molecule has 4 aliphatic rings. The standard InChI is InChI=1S/C25H31N7O2/c1-24(2,4-6-26)5-9-32-22(31-8-3-7-28-31)19(15-29-32)21(33)30-20-17-10-16-11-18(20)14-25(12-16,13-17)23(27)34/h3,5,7-9,15-18,20H,4,10-14H2,1-2H3,(H2,27,34)(H,30,33)/b9-5+. The van der Waals surface area contributed by atoms with Crippen LogP contribution in [0.3, 0.4) is 0 Å². The summed E-state index contributed by atoms with van der Waals surface area (Å²) in [5.74, 6) is 1.26. The Morgan fingerprint density at radius 1 is 1.29 bits per heavy atom. The van der Waals surface area contributed by atoms with Gasteiger partial charge in [0.25, 0.3) is 5.91 Å². The SMILES string of the molecule is CC(C)(/C=C/n1ncc(C(=O)NC2C3CC4CC2CC(C(N)=O)(C4)C3)c1-n1cccn1)CC#N. The number of carbonyl (C=O) groups is 2. The number of nitrogens with two attached hydrogens (primary N) is 1. The van der Waals surface area contributed by atoms with E-state index in [2.05, 4.69) is 21.6 Å². The summed E-state index contributed by atoms with van der Waals surface area (Å²) in [7, 11) is 0. The quantitative estimate of drug-likeness (QED) is 0.654. The molecular weight excluding hydrogens is 430 g/mol. The van der Waals surface area contributed by atoms with Crippen molar-refractivity contribution in [2.45, 2.75) is 58.4 Å². The van der Waals surface area contributed by atoms with Crippen LogP contribution in [0, 0.1) is 39.9 Å². The summed E-state index contributed by atoms with van der Waals surface area (Å²) in [6.45, 7) is 3.95. The number of nitrogens with one attached hydrogen (secondary N) is 1. The maximum absolute atomic E-state index is 13.5. The average Bonchev–Trinajstić information content (AvgIpc) is 3.43. The maximum atomic E-state index is 13.5. The number of hydrogen-bond donors (Lipinski definition) is 2. The van der Waals surface area contributed by atoms with Gasteiger partial charge in [0, 0.05) is 36.5 Å². The van der Waals surface area contributed by atoms with E-state index in [1.807, 2.05) is 19.9 Å². The van der Waals surface area contributed by atoms with E-state index in [0.717, 1.165) is 32.1 Å². The summed E-state index contributed by atoms with van der Waals surface area (Å²) in [6.07, 6.45) is 13.6. The Balaban J connectivity index is 1.41. The lowest BCUT2D eigenvalue weighted by Crippen LogP contribution is -2.62.